The molecule has 14 heavy (non-hydrogen) atoms. The molecule has 1 aliphatic rings. The van der Waals surface area contributed by atoms with E-state index in [1.165, 1.54) is 12.8 Å². The van der Waals surface area contributed by atoms with Crippen LogP contribution in [0.2, 0.25) is 0 Å². The van der Waals surface area contributed by atoms with Crippen LogP contribution >= 0.6 is 0 Å². The lowest BCUT2D eigenvalue weighted by Crippen LogP contribution is -2.32. The summed E-state index contributed by atoms with van der Waals surface area (Å²) in [7, 11) is 0. The van der Waals surface area contributed by atoms with Crippen LogP contribution in [0.1, 0.15) is 51.4 Å². The van der Waals surface area contributed by atoms with Crippen molar-refractivity contribution in [2.75, 3.05) is 0 Å². The predicted molar refractivity (Wildman–Crippen MR) is 57.7 cm³/mol. The molecular formula is C12H19NO. The number of unbranched alkanes of at least 4 members (excludes halogenated alkanes) is 2. The zero-order valence-corrected chi connectivity index (χ0v) is 8.72. The molecule has 1 fully saturated rings. The lowest BCUT2D eigenvalue weighted by Gasteiger charge is -2.11. The third-order valence-electron chi connectivity index (χ3n) is 2.70. The molecule has 2 heteroatoms. The quantitative estimate of drug-likeness (QED) is 0.526. The number of hydrogen-bond acceptors (Lipinski definition) is 1. The molecule has 0 saturated heterocycles. The summed E-state index contributed by atoms with van der Waals surface area (Å²) >= 11 is 0. The van der Waals surface area contributed by atoms with Crippen LogP contribution in [0.5, 0.6) is 0 Å². The number of amides is 1. The van der Waals surface area contributed by atoms with E-state index < -0.39 is 0 Å². The van der Waals surface area contributed by atoms with Crippen molar-refractivity contribution in [1.82, 2.24) is 5.32 Å². The van der Waals surface area contributed by atoms with Gasteiger partial charge in [0.1, 0.15) is 0 Å². The van der Waals surface area contributed by atoms with Crippen LogP contribution in [0.15, 0.2) is 0 Å². The standard InChI is InChI=1S/C12H19NO/c1-2-3-4-5-10-12(14)13-11-8-6-7-9-11/h1,11H,3-10H2,(H,13,14). The van der Waals surface area contributed by atoms with Gasteiger partial charge in [0.2, 0.25) is 5.91 Å². The van der Waals surface area contributed by atoms with Gasteiger partial charge in [-0.2, -0.15) is 0 Å². The first-order valence-corrected chi connectivity index (χ1v) is 5.56. The molecule has 0 aromatic rings. The summed E-state index contributed by atoms with van der Waals surface area (Å²) in [6.45, 7) is 0. The van der Waals surface area contributed by atoms with E-state index in [4.69, 9.17) is 6.42 Å². The topological polar surface area (TPSA) is 29.1 Å². The average molecular weight is 193 g/mol. The highest BCUT2D eigenvalue weighted by atomic mass is 16.1. The van der Waals surface area contributed by atoms with Gasteiger partial charge < -0.3 is 5.32 Å². The smallest absolute Gasteiger partial charge is 0.220 e. The van der Waals surface area contributed by atoms with Gasteiger partial charge >= 0.3 is 0 Å². The monoisotopic (exact) mass is 193 g/mol. The van der Waals surface area contributed by atoms with Crippen LogP contribution < -0.4 is 5.32 Å². The minimum atomic E-state index is 0.203. The number of carbonyl (C=O) groups excluding carboxylic acids is 1. The average Bonchev–Trinajstić information content (AvgIpc) is 2.65. The first kappa shape index (κ1) is 11.1. The second kappa shape index (κ2) is 6.48. The summed E-state index contributed by atoms with van der Waals surface area (Å²) in [6.07, 6.45) is 13.3. The Hall–Kier alpha value is -0.970. The maximum absolute atomic E-state index is 11.4. The zero-order chi connectivity index (χ0) is 10.2. The van der Waals surface area contributed by atoms with Crippen molar-refractivity contribution in [3.05, 3.63) is 0 Å². The van der Waals surface area contributed by atoms with E-state index in [0.717, 1.165) is 32.1 Å². The fourth-order valence-corrected chi connectivity index (χ4v) is 1.88. The Morgan fingerprint density at radius 3 is 2.71 bits per heavy atom. The van der Waals surface area contributed by atoms with Gasteiger partial charge in [0.05, 0.1) is 0 Å². The molecule has 0 unspecified atom stereocenters. The number of terminal acetylenes is 1. The molecule has 1 amide bonds. The highest BCUT2D eigenvalue weighted by Crippen LogP contribution is 2.17. The summed E-state index contributed by atoms with van der Waals surface area (Å²) in [5, 5.41) is 3.07. The molecule has 0 aliphatic heterocycles. The van der Waals surface area contributed by atoms with Gasteiger partial charge in [0, 0.05) is 18.9 Å². The van der Waals surface area contributed by atoms with Gasteiger partial charge in [-0.25, -0.2) is 0 Å². The first-order chi connectivity index (χ1) is 6.83. The van der Waals surface area contributed by atoms with Crippen molar-refractivity contribution in [3.63, 3.8) is 0 Å². The van der Waals surface area contributed by atoms with Gasteiger partial charge in [0.15, 0.2) is 0 Å². The highest BCUT2D eigenvalue weighted by Gasteiger charge is 2.16. The van der Waals surface area contributed by atoms with Crippen molar-refractivity contribution in [2.24, 2.45) is 0 Å². The third kappa shape index (κ3) is 4.32. The lowest BCUT2D eigenvalue weighted by atomic mass is 10.2. The molecule has 0 aromatic heterocycles. The van der Waals surface area contributed by atoms with Gasteiger partial charge in [-0.15, -0.1) is 12.3 Å². The molecule has 2 nitrogen and oxygen atoms in total. The lowest BCUT2D eigenvalue weighted by molar-refractivity contribution is -0.121. The van der Waals surface area contributed by atoms with Gasteiger partial charge in [-0.1, -0.05) is 12.8 Å². The molecule has 0 bridgehead atoms. The zero-order valence-electron chi connectivity index (χ0n) is 8.72. The van der Waals surface area contributed by atoms with E-state index in [1.807, 2.05) is 0 Å². The van der Waals surface area contributed by atoms with E-state index >= 15 is 0 Å². The fraction of sp³-hybridized carbons (Fsp3) is 0.750. The van der Waals surface area contributed by atoms with Crippen molar-refractivity contribution < 1.29 is 4.79 Å². The van der Waals surface area contributed by atoms with Crippen LogP contribution in [-0.4, -0.2) is 11.9 Å². The van der Waals surface area contributed by atoms with E-state index in [9.17, 15) is 4.79 Å². The fourth-order valence-electron chi connectivity index (χ4n) is 1.88. The minimum absolute atomic E-state index is 0.203. The van der Waals surface area contributed by atoms with Crippen LogP contribution in [0.3, 0.4) is 0 Å². The number of nitrogens with one attached hydrogen (secondary N) is 1. The maximum atomic E-state index is 11.4. The summed E-state index contributed by atoms with van der Waals surface area (Å²) in [6, 6.07) is 0.454. The molecule has 0 spiro atoms. The molecule has 1 N–H and O–H groups in total. The molecule has 1 aliphatic carbocycles. The van der Waals surface area contributed by atoms with Crippen molar-refractivity contribution in [1.29, 1.82) is 0 Å². The number of rotatable bonds is 5. The SMILES string of the molecule is C#CCCCCC(=O)NC1CCCC1. The third-order valence-corrected chi connectivity index (χ3v) is 2.70. The minimum Gasteiger partial charge on any atom is -0.353 e. The number of hydrogen-bond donors (Lipinski definition) is 1. The Labute approximate surface area is 86.5 Å². The Morgan fingerprint density at radius 2 is 2.07 bits per heavy atom. The molecule has 0 aromatic carbocycles. The van der Waals surface area contributed by atoms with E-state index in [0.29, 0.717) is 12.5 Å². The van der Waals surface area contributed by atoms with Crippen LogP contribution in [0.4, 0.5) is 0 Å². The molecule has 0 atom stereocenters. The molecule has 78 valence electrons. The van der Waals surface area contributed by atoms with E-state index in [-0.39, 0.29) is 5.91 Å². The Kier molecular flexibility index (Phi) is 5.14. The van der Waals surface area contributed by atoms with E-state index in [2.05, 4.69) is 11.2 Å². The van der Waals surface area contributed by atoms with Crippen LogP contribution in [0.25, 0.3) is 0 Å². The van der Waals surface area contributed by atoms with Gasteiger partial charge in [-0.3, -0.25) is 4.79 Å². The Balaban J connectivity index is 2.01. The normalized spacial score (nSPS) is 16.5. The van der Waals surface area contributed by atoms with Gasteiger partial charge in [-0.05, 0) is 25.7 Å². The van der Waals surface area contributed by atoms with Crippen molar-refractivity contribution >= 4 is 5.91 Å². The summed E-state index contributed by atoms with van der Waals surface area (Å²) < 4.78 is 0. The summed E-state index contributed by atoms with van der Waals surface area (Å²) in [5.74, 6) is 2.79. The summed E-state index contributed by atoms with van der Waals surface area (Å²) in [4.78, 5) is 11.4. The highest BCUT2D eigenvalue weighted by molar-refractivity contribution is 5.76. The predicted octanol–water partition coefficient (Wildman–Crippen LogP) is 2.24. The molecule has 0 heterocycles. The molecule has 1 saturated carbocycles. The second-order valence-corrected chi connectivity index (χ2v) is 3.96. The Bertz CT molecular complexity index is 211. The largest absolute Gasteiger partial charge is 0.353 e. The van der Waals surface area contributed by atoms with Crippen molar-refractivity contribution in [3.8, 4) is 12.3 Å². The molecule has 0 radical (unpaired) electrons. The molecular weight excluding hydrogens is 174 g/mol. The number of carbonyl (C=O) groups is 1. The van der Waals surface area contributed by atoms with Crippen LogP contribution in [0, 0.1) is 12.3 Å². The first-order valence-electron chi connectivity index (χ1n) is 5.56. The Morgan fingerprint density at radius 1 is 1.36 bits per heavy atom. The molecule has 1 rings (SSSR count). The van der Waals surface area contributed by atoms with Crippen LogP contribution in [-0.2, 0) is 4.79 Å². The van der Waals surface area contributed by atoms with E-state index in [1.54, 1.807) is 0 Å². The summed E-state index contributed by atoms with van der Waals surface area (Å²) in [5.41, 5.74) is 0. The van der Waals surface area contributed by atoms with Crippen molar-refractivity contribution in [2.45, 2.75) is 57.4 Å². The second-order valence-electron chi connectivity index (χ2n) is 3.96. The maximum Gasteiger partial charge on any atom is 0.220 e. The van der Waals surface area contributed by atoms with Gasteiger partial charge in [0.25, 0.3) is 0 Å².